The fraction of sp³-hybridized carbons (Fsp3) is 0.833. The van der Waals surface area contributed by atoms with Crippen molar-refractivity contribution >= 4 is 23.4 Å². The lowest BCUT2D eigenvalue weighted by Crippen LogP contribution is -2.47. The Labute approximate surface area is 114 Å². The van der Waals surface area contributed by atoms with Crippen molar-refractivity contribution in [1.82, 2.24) is 10.6 Å². The summed E-state index contributed by atoms with van der Waals surface area (Å²) in [6.07, 6.45) is -0.648. The van der Waals surface area contributed by atoms with Gasteiger partial charge in [-0.3, -0.25) is 5.32 Å². The van der Waals surface area contributed by atoms with Crippen molar-refractivity contribution in [3.05, 3.63) is 0 Å². The van der Waals surface area contributed by atoms with E-state index < -0.39 is 17.4 Å². The van der Waals surface area contributed by atoms with Gasteiger partial charge in [0.15, 0.2) is 5.11 Å². The molecule has 2 N–H and O–H groups in total. The molecule has 0 rings (SSSR count). The van der Waals surface area contributed by atoms with Gasteiger partial charge < -0.3 is 10.1 Å². The number of carbonyl (C=O) groups is 1. The highest BCUT2D eigenvalue weighted by Gasteiger charge is 2.27. The Kier molecular flexibility index (Phi) is 5.99. The van der Waals surface area contributed by atoms with Crippen LogP contribution in [0.2, 0.25) is 0 Å². The smallest absolute Gasteiger partial charge is 0.413 e. The molecule has 1 amide bonds. The molecule has 0 aliphatic carbocycles. The minimum absolute atomic E-state index is 0.0410. The zero-order chi connectivity index (χ0) is 14.6. The molecule has 18 heavy (non-hydrogen) atoms. The fourth-order valence-electron chi connectivity index (χ4n) is 0.898. The van der Waals surface area contributed by atoms with Crippen LogP contribution in [0.1, 0.15) is 41.5 Å². The average molecular weight is 278 g/mol. The van der Waals surface area contributed by atoms with Gasteiger partial charge in [-0.2, -0.15) is 0 Å². The van der Waals surface area contributed by atoms with Crippen LogP contribution in [-0.4, -0.2) is 29.0 Å². The number of halogens is 1. The monoisotopic (exact) mass is 278 g/mol. The van der Waals surface area contributed by atoms with Crippen molar-refractivity contribution in [2.24, 2.45) is 5.92 Å². The Hall–Kier alpha value is -0.910. The number of hydrogen-bond donors (Lipinski definition) is 2. The molecular weight excluding hydrogens is 255 g/mol. The quantitative estimate of drug-likeness (QED) is 0.779. The van der Waals surface area contributed by atoms with Gasteiger partial charge in [-0.25, -0.2) is 9.18 Å². The molecule has 1 atom stereocenters. The zero-order valence-electron chi connectivity index (χ0n) is 11.9. The fourth-order valence-corrected chi connectivity index (χ4v) is 1.05. The molecule has 0 heterocycles. The molecule has 0 aliphatic heterocycles. The number of rotatable bonds is 3. The lowest BCUT2D eigenvalue weighted by atomic mass is 9.95. The predicted octanol–water partition coefficient (Wildman–Crippen LogP) is 2.77. The topological polar surface area (TPSA) is 50.4 Å². The van der Waals surface area contributed by atoms with E-state index in [-0.39, 0.29) is 17.6 Å². The van der Waals surface area contributed by atoms with Gasteiger partial charge in [-0.1, -0.05) is 13.8 Å². The van der Waals surface area contributed by atoms with Crippen LogP contribution in [-0.2, 0) is 4.74 Å². The first kappa shape index (κ1) is 17.1. The summed E-state index contributed by atoms with van der Waals surface area (Å²) in [6.45, 7) is 10.3. The zero-order valence-corrected chi connectivity index (χ0v) is 12.7. The van der Waals surface area contributed by atoms with Gasteiger partial charge in [-0.05, 0) is 45.8 Å². The van der Waals surface area contributed by atoms with E-state index in [1.54, 1.807) is 34.6 Å². The first-order chi connectivity index (χ1) is 7.94. The van der Waals surface area contributed by atoms with E-state index >= 15 is 0 Å². The van der Waals surface area contributed by atoms with Gasteiger partial charge in [0.05, 0.1) is 6.54 Å². The first-order valence-corrected chi connectivity index (χ1v) is 6.31. The van der Waals surface area contributed by atoms with Crippen LogP contribution in [0.15, 0.2) is 0 Å². The molecule has 0 aromatic carbocycles. The highest BCUT2D eigenvalue weighted by molar-refractivity contribution is 7.80. The molecule has 0 saturated carbocycles. The number of carbonyl (C=O) groups excluding carboxylic acids is 1. The van der Waals surface area contributed by atoms with Gasteiger partial charge in [0, 0.05) is 0 Å². The summed E-state index contributed by atoms with van der Waals surface area (Å²) in [5.41, 5.74) is -1.98. The van der Waals surface area contributed by atoms with Crippen molar-refractivity contribution in [1.29, 1.82) is 0 Å². The summed E-state index contributed by atoms with van der Waals surface area (Å²) >= 11 is 4.88. The molecule has 4 nitrogen and oxygen atoms in total. The third-order valence-electron chi connectivity index (χ3n) is 2.41. The van der Waals surface area contributed by atoms with Crippen LogP contribution in [0.4, 0.5) is 9.18 Å². The third kappa shape index (κ3) is 7.42. The number of amides is 1. The summed E-state index contributed by atoms with van der Waals surface area (Å²) in [6, 6.07) is 0. The number of nitrogens with one attached hydrogen (secondary N) is 2. The molecular formula is C12H23FN2O2S. The maximum Gasteiger partial charge on any atom is 0.413 e. The highest BCUT2D eigenvalue weighted by Crippen LogP contribution is 2.19. The second kappa shape index (κ2) is 6.31. The highest BCUT2D eigenvalue weighted by atomic mass is 32.1. The molecule has 0 bridgehead atoms. The van der Waals surface area contributed by atoms with Crippen molar-refractivity contribution in [3.63, 3.8) is 0 Å². The van der Waals surface area contributed by atoms with E-state index in [2.05, 4.69) is 10.6 Å². The Bertz CT molecular complexity index is 312. The van der Waals surface area contributed by atoms with E-state index in [4.69, 9.17) is 17.0 Å². The standard InChI is InChI=1S/C12H23FN2O2S/c1-8(2)12(6,13)7-14-9(18)15-10(16)17-11(3,4)5/h8H,7H2,1-6H3,(H2,14,15,16,18). The Balaban J connectivity index is 4.10. The summed E-state index contributed by atoms with van der Waals surface area (Å²) in [4.78, 5) is 11.4. The Morgan fingerprint density at radius 1 is 1.33 bits per heavy atom. The molecule has 6 heteroatoms. The number of alkyl halides is 1. The molecule has 1 unspecified atom stereocenters. The number of hydrogen-bond acceptors (Lipinski definition) is 3. The van der Waals surface area contributed by atoms with Gasteiger partial charge in [-0.15, -0.1) is 0 Å². The molecule has 0 aromatic heterocycles. The number of alkyl carbamates (subject to hydrolysis) is 1. The SMILES string of the molecule is CC(C)C(C)(F)CNC(=S)NC(=O)OC(C)(C)C. The van der Waals surface area contributed by atoms with Crippen LogP contribution >= 0.6 is 12.2 Å². The summed E-state index contributed by atoms with van der Waals surface area (Å²) in [5, 5.41) is 5.07. The van der Waals surface area contributed by atoms with E-state index in [1.807, 2.05) is 0 Å². The predicted molar refractivity (Wildman–Crippen MR) is 74.3 cm³/mol. The number of thiocarbonyl (C=S) groups is 1. The second-order valence-electron chi connectivity index (χ2n) is 5.74. The Morgan fingerprint density at radius 3 is 2.22 bits per heavy atom. The first-order valence-electron chi connectivity index (χ1n) is 5.91. The molecule has 0 spiro atoms. The maximum atomic E-state index is 13.9. The minimum Gasteiger partial charge on any atom is -0.444 e. The van der Waals surface area contributed by atoms with Crippen LogP contribution in [0.5, 0.6) is 0 Å². The van der Waals surface area contributed by atoms with Crippen LogP contribution in [0.25, 0.3) is 0 Å². The maximum absolute atomic E-state index is 13.9. The lowest BCUT2D eigenvalue weighted by molar-refractivity contribution is 0.0561. The largest absolute Gasteiger partial charge is 0.444 e. The molecule has 0 aromatic rings. The summed E-state index contributed by atoms with van der Waals surface area (Å²) < 4.78 is 18.9. The normalized spacial score (nSPS) is 14.9. The van der Waals surface area contributed by atoms with Crippen molar-refractivity contribution in [2.75, 3.05) is 6.54 Å². The van der Waals surface area contributed by atoms with Crippen LogP contribution < -0.4 is 10.6 Å². The molecule has 106 valence electrons. The average Bonchev–Trinajstić information content (AvgIpc) is 2.11. The third-order valence-corrected chi connectivity index (χ3v) is 2.66. The lowest BCUT2D eigenvalue weighted by Gasteiger charge is -2.26. The van der Waals surface area contributed by atoms with Gasteiger partial charge >= 0.3 is 6.09 Å². The van der Waals surface area contributed by atoms with Crippen LogP contribution in [0.3, 0.4) is 0 Å². The van der Waals surface area contributed by atoms with Crippen molar-refractivity contribution in [2.45, 2.75) is 52.8 Å². The van der Waals surface area contributed by atoms with E-state index in [1.165, 1.54) is 6.92 Å². The summed E-state index contributed by atoms with van der Waals surface area (Å²) in [7, 11) is 0. The second-order valence-corrected chi connectivity index (χ2v) is 6.15. The molecule has 0 radical (unpaired) electrons. The van der Waals surface area contributed by atoms with E-state index in [9.17, 15) is 9.18 Å². The van der Waals surface area contributed by atoms with Gasteiger partial charge in [0.25, 0.3) is 0 Å². The van der Waals surface area contributed by atoms with E-state index in [0.717, 1.165) is 0 Å². The van der Waals surface area contributed by atoms with Crippen molar-refractivity contribution < 1.29 is 13.9 Å². The molecule has 0 saturated heterocycles. The van der Waals surface area contributed by atoms with Crippen molar-refractivity contribution in [3.8, 4) is 0 Å². The minimum atomic E-state index is -1.39. The molecule has 0 fully saturated rings. The van der Waals surface area contributed by atoms with Gasteiger partial charge in [0.2, 0.25) is 0 Å². The van der Waals surface area contributed by atoms with Gasteiger partial charge in [0.1, 0.15) is 11.3 Å². The molecule has 0 aliphatic rings. The summed E-state index contributed by atoms with van der Waals surface area (Å²) in [5.74, 6) is -0.144. The van der Waals surface area contributed by atoms with Crippen LogP contribution in [0, 0.1) is 5.92 Å². The number of ether oxygens (including phenoxy) is 1. The van der Waals surface area contributed by atoms with E-state index in [0.29, 0.717) is 0 Å². The Morgan fingerprint density at radius 2 is 1.83 bits per heavy atom.